The summed E-state index contributed by atoms with van der Waals surface area (Å²) in [5.74, 6) is -41.5. The number of esters is 1. The number of thiazole rings is 1. The Morgan fingerprint density at radius 3 is 1.71 bits per heavy atom. The van der Waals surface area contributed by atoms with E-state index in [4.69, 9.17) is 0 Å². The number of hydrogen-bond acceptors (Lipinski definition) is 5. The van der Waals surface area contributed by atoms with Gasteiger partial charge in [0.05, 0.1) is 12.3 Å². The van der Waals surface area contributed by atoms with Crippen LogP contribution in [0.25, 0.3) is 0 Å². The molecule has 0 aromatic carbocycles. The second-order valence-electron chi connectivity index (χ2n) is 6.14. The van der Waals surface area contributed by atoms with Crippen LogP contribution in [0.3, 0.4) is 0 Å². The lowest BCUT2D eigenvalue weighted by Gasteiger charge is -2.51. The predicted molar refractivity (Wildman–Crippen MR) is 80.0 cm³/mol. The number of nitrogens with zero attached hydrogens (tertiary/aromatic N) is 1. The molecule has 2 rings (SSSR count). The number of carbonyl (C=O) groups excluding carboxylic acids is 2. The van der Waals surface area contributed by atoms with E-state index in [2.05, 4.69) is 9.72 Å². The van der Waals surface area contributed by atoms with Gasteiger partial charge in [-0.1, -0.05) is 11.3 Å². The molecular formula is C14H9F11N2O3S. The Morgan fingerprint density at radius 2 is 1.29 bits per heavy atom. The van der Waals surface area contributed by atoms with E-state index >= 15 is 0 Å². The first-order chi connectivity index (χ1) is 13.8. The van der Waals surface area contributed by atoms with Gasteiger partial charge in [-0.15, -0.1) is 0 Å². The van der Waals surface area contributed by atoms with Crippen LogP contribution in [-0.4, -0.2) is 58.7 Å². The number of rotatable bonds is 4. The van der Waals surface area contributed by atoms with Gasteiger partial charge in [-0.05, 0) is 13.8 Å². The molecule has 1 amide bonds. The molecule has 0 radical (unpaired) electrons. The van der Waals surface area contributed by atoms with Crippen LogP contribution in [0, 0.1) is 6.92 Å². The van der Waals surface area contributed by atoms with E-state index in [1.165, 1.54) is 6.92 Å². The third-order valence-corrected chi connectivity index (χ3v) is 5.29. The van der Waals surface area contributed by atoms with E-state index in [1.807, 2.05) is 0 Å². The highest BCUT2D eigenvalue weighted by atomic mass is 32.1. The van der Waals surface area contributed by atoms with E-state index in [0.29, 0.717) is 0 Å². The third-order valence-electron chi connectivity index (χ3n) is 4.23. The maximum Gasteiger partial charge on any atom is 0.384 e. The quantitative estimate of drug-likeness (QED) is 0.496. The summed E-state index contributed by atoms with van der Waals surface area (Å²) in [4.78, 5) is 26.2. The maximum absolute atomic E-state index is 14.6. The normalized spacial score (nSPS) is 24.3. The van der Waals surface area contributed by atoms with Gasteiger partial charge in [0.25, 0.3) is 5.91 Å². The van der Waals surface area contributed by atoms with Gasteiger partial charge in [-0.2, -0.15) is 43.9 Å². The summed E-state index contributed by atoms with van der Waals surface area (Å²) in [6.45, 7) is 2.20. The van der Waals surface area contributed by atoms with Crippen molar-refractivity contribution >= 4 is 28.3 Å². The van der Waals surface area contributed by atoms with Crippen LogP contribution < -0.4 is 5.32 Å². The first-order valence-electron chi connectivity index (χ1n) is 7.79. The summed E-state index contributed by atoms with van der Waals surface area (Å²) in [6.07, 6.45) is 0. The first kappa shape index (κ1) is 25.1. The highest BCUT2D eigenvalue weighted by Gasteiger charge is 3.02. The number of halogens is 11. The largest absolute Gasteiger partial charge is 0.462 e. The maximum atomic E-state index is 14.6. The Bertz CT molecular complexity index is 885. The lowest BCUT2D eigenvalue weighted by molar-refractivity contribution is -0.475. The number of amides is 1. The van der Waals surface area contributed by atoms with Gasteiger partial charge >= 0.3 is 41.3 Å². The second kappa shape index (κ2) is 6.90. The molecule has 1 aliphatic carbocycles. The zero-order valence-electron chi connectivity index (χ0n) is 14.9. The van der Waals surface area contributed by atoms with Crippen LogP contribution in [-0.2, 0) is 9.53 Å². The van der Waals surface area contributed by atoms with Crippen molar-refractivity contribution in [3.8, 4) is 0 Å². The van der Waals surface area contributed by atoms with Crippen LogP contribution in [0.4, 0.5) is 53.4 Å². The summed E-state index contributed by atoms with van der Waals surface area (Å²) >= 11 is 0.00124. The van der Waals surface area contributed by atoms with Gasteiger partial charge in [0.1, 0.15) is 4.88 Å². The number of aromatic nitrogens is 1. The van der Waals surface area contributed by atoms with E-state index in [0.717, 1.165) is 12.2 Å². The summed E-state index contributed by atoms with van der Waals surface area (Å²) in [5.41, 5.74) is -7.19. The van der Waals surface area contributed by atoms with Gasteiger partial charge in [0.15, 0.2) is 5.13 Å². The van der Waals surface area contributed by atoms with Gasteiger partial charge in [-0.25, -0.2) is 14.2 Å². The molecule has 1 aromatic heterocycles. The van der Waals surface area contributed by atoms with E-state index < -0.39 is 57.2 Å². The highest BCUT2D eigenvalue weighted by molar-refractivity contribution is 7.17. The predicted octanol–water partition coefficient (Wildman–Crippen LogP) is 4.47. The number of carbonyl (C=O) groups is 2. The molecule has 31 heavy (non-hydrogen) atoms. The molecule has 1 aliphatic rings. The highest BCUT2D eigenvalue weighted by Crippen LogP contribution is 2.69. The number of aryl methyl sites for hydroxylation is 1. The summed E-state index contributed by atoms with van der Waals surface area (Å²) in [6, 6.07) is 0. The molecule has 5 nitrogen and oxygen atoms in total. The molecule has 1 saturated carbocycles. The minimum Gasteiger partial charge on any atom is -0.462 e. The zero-order chi connectivity index (χ0) is 24.4. The van der Waals surface area contributed by atoms with Crippen molar-refractivity contribution in [1.29, 1.82) is 0 Å². The van der Waals surface area contributed by atoms with E-state index in [9.17, 15) is 57.9 Å². The molecular weight excluding hydrogens is 485 g/mol. The van der Waals surface area contributed by atoms with Gasteiger partial charge in [-0.3, -0.25) is 10.1 Å². The number of nitrogens with one attached hydrogen (secondary N) is 1. The molecule has 0 unspecified atom stereocenters. The molecule has 1 heterocycles. The molecule has 17 heteroatoms. The monoisotopic (exact) mass is 494 g/mol. The molecule has 1 fully saturated rings. The Labute approximate surface area is 168 Å². The van der Waals surface area contributed by atoms with E-state index in [-0.39, 0.29) is 23.6 Å². The minimum absolute atomic E-state index is 0.00124. The second-order valence-corrected chi connectivity index (χ2v) is 7.14. The van der Waals surface area contributed by atoms with Gasteiger partial charge in [0, 0.05) is 0 Å². The minimum atomic E-state index is -7.43. The Hall–Kier alpha value is -2.20. The first-order valence-corrected chi connectivity index (χ1v) is 8.61. The van der Waals surface area contributed by atoms with Crippen LogP contribution >= 0.6 is 11.3 Å². The number of anilines is 1. The van der Waals surface area contributed by atoms with Crippen molar-refractivity contribution in [2.24, 2.45) is 0 Å². The van der Waals surface area contributed by atoms with Gasteiger partial charge < -0.3 is 4.74 Å². The van der Waals surface area contributed by atoms with Crippen molar-refractivity contribution in [3.05, 3.63) is 10.6 Å². The molecule has 0 aliphatic heterocycles. The lowest BCUT2D eigenvalue weighted by atomic mass is 9.71. The van der Waals surface area contributed by atoms with Crippen molar-refractivity contribution in [3.63, 3.8) is 0 Å². The Kier molecular flexibility index (Phi) is 5.58. The summed E-state index contributed by atoms with van der Waals surface area (Å²) in [5, 5.41) is -0.302. The smallest absolute Gasteiger partial charge is 0.384 e. The fraction of sp³-hybridized carbons (Fsp3) is 0.643. The van der Waals surface area contributed by atoms with Crippen LogP contribution in [0.15, 0.2) is 0 Å². The average molecular weight is 494 g/mol. The zero-order valence-corrected chi connectivity index (χ0v) is 15.8. The molecule has 0 saturated heterocycles. The topological polar surface area (TPSA) is 68.3 Å². The number of ether oxygens (including phenoxy) is 1. The third kappa shape index (κ3) is 2.83. The summed E-state index contributed by atoms with van der Waals surface area (Å²) < 4.78 is 155. The standard InChI is InChI=1S/C14H9F11N2O3S/c1-3-30-6(28)5-4(2)26-8(31-5)27-7(29)9(15)10(16,17)12(20,21)14(24,25)13(22,23)11(9,18)19/h3H2,1-2H3,(H,26,27,29). The number of hydrogen-bond donors (Lipinski definition) is 1. The van der Waals surface area contributed by atoms with Crippen molar-refractivity contribution in [1.82, 2.24) is 4.98 Å². The van der Waals surface area contributed by atoms with Crippen LogP contribution in [0.1, 0.15) is 22.3 Å². The average Bonchev–Trinajstić information content (AvgIpc) is 2.99. The van der Waals surface area contributed by atoms with E-state index in [1.54, 1.807) is 0 Å². The number of alkyl halides is 11. The molecule has 1 aromatic rings. The summed E-state index contributed by atoms with van der Waals surface area (Å²) in [7, 11) is 0. The fourth-order valence-electron chi connectivity index (χ4n) is 2.53. The molecule has 1 N–H and O–H groups in total. The molecule has 0 spiro atoms. The molecule has 0 bridgehead atoms. The fourth-order valence-corrected chi connectivity index (χ4v) is 3.38. The van der Waals surface area contributed by atoms with Crippen molar-refractivity contribution < 1.29 is 62.6 Å². The van der Waals surface area contributed by atoms with Crippen LogP contribution in [0.5, 0.6) is 0 Å². The van der Waals surface area contributed by atoms with Crippen molar-refractivity contribution in [2.45, 2.75) is 49.1 Å². The molecule has 0 atom stereocenters. The molecule has 176 valence electrons. The Balaban J connectivity index is 2.59. The van der Waals surface area contributed by atoms with Gasteiger partial charge in [0.2, 0.25) is 0 Å². The SMILES string of the molecule is CCOC(=O)c1sc(NC(=O)C2(F)C(F)(F)C(F)(F)C(F)(F)C(F)(F)C2(F)F)nc1C. The van der Waals surface area contributed by atoms with Crippen LogP contribution in [0.2, 0.25) is 0 Å². The Morgan fingerprint density at radius 1 is 0.871 bits per heavy atom. The lowest BCUT2D eigenvalue weighted by Crippen LogP contribution is -2.86. The van der Waals surface area contributed by atoms with Crippen molar-refractivity contribution in [2.75, 3.05) is 11.9 Å².